The molecule has 82 valence electrons. The van der Waals surface area contributed by atoms with Gasteiger partial charge < -0.3 is 10.0 Å². The lowest BCUT2D eigenvalue weighted by molar-refractivity contribution is -0.116. The van der Waals surface area contributed by atoms with Gasteiger partial charge >= 0.3 is 0 Å². The van der Waals surface area contributed by atoms with Gasteiger partial charge in [0.05, 0.1) is 6.61 Å². The second-order valence-electron chi connectivity index (χ2n) is 3.02. The van der Waals surface area contributed by atoms with E-state index >= 15 is 0 Å². The third kappa shape index (κ3) is 6.34. The fraction of sp³-hybridized carbons (Fsp3) is 0.667. The highest BCUT2D eigenvalue weighted by atomic mass is 33.1. The Labute approximate surface area is 93.3 Å². The molecule has 0 aromatic rings. The first kappa shape index (κ1) is 13.9. The summed E-state index contributed by atoms with van der Waals surface area (Å²) in [5, 5.41) is 11.2. The molecule has 0 radical (unpaired) electrons. The van der Waals surface area contributed by atoms with Gasteiger partial charge in [-0.05, 0) is 6.92 Å². The van der Waals surface area contributed by atoms with E-state index in [0.717, 1.165) is 12.1 Å². The average Bonchev–Trinajstić information content (AvgIpc) is 2.13. The van der Waals surface area contributed by atoms with Crippen LogP contribution in [0.15, 0.2) is 11.1 Å². The summed E-state index contributed by atoms with van der Waals surface area (Å²) in [6.45, 7) is 6.45. The van der Waals surface area contributed by atoms with Gasteiger partial charge in [-0.15, -0.1) is 0 Å². The molecule has 0 aliphatic heterocycles. The van der Waals surface area contributed by atoms with Gasteiger partial charge in [0.2, 0.25) is 6.41 Å². The smallest absolute Gasteiger partial charge is 0.213 e. The molecule has 1 amide bonds. The van der Waals surface area contributed by atoms with Crippen molar-refractivity contribution in [3.63, 3.8) is 0 Å². The Hall–Kier alpha value is -0.130. The molecule has 0 unspecified atom stereocenters. The Morgan fingerprint density at radius 3 is 2.64 bits per heavy atom. The number of carbonyl (C=O) groups is 1. The Kier molecular flexibility index (Phi) is 8.12. The van der Waals surface area contributed by atoms with E-state index in [4.69, 9.17) is 5.11 Å². The SMILES string of the molecule is CC(=CSSC(C)C)N(C=O)CCO. The second kappa shape index (κ2) is 8.20. The maximum Gasteiger partial charge on any atom is 0.213 e. The molecule has 0 fully saturated rings. The molecule has 5 heteroatoms. The van der Waals surface area contributed by atoms with Crippen molar-refractivity contribution in [3.05, 3.63) is 11.1 Å². The molecular formula is C9H17NO2S2. The highest BCUT2D eigenvalue weighted by Gasteiger charge is 2.02. The summed E-state index contributed by atoms with van der Waals surface area (Å²) in [5.74, 6) is 0. The van der Waals surface area contributed by atoms with Crippen LogP contribution in [0.2, 0.25) is 0 Å². The minimum atomic E-state index is -0.00803. The standard InChI is InChI=1S/C9H17NO2S2/c1-8(2)14-13-6-9(3)10(7-12)4-5-11/h6-8,11H,4-5H2,1-3H3. The lowest BCUT2D eigenvalue weighted by Gasteiger charge is -2.16. The molecule has 0 heterocycles. The summed E-state index contributed by atoms with van der Waals surface area (Å²) < 4.78 is 0. The van der Waals surface area contributed by atoms with Crippen LogP contribution in [0.3, 0.4) is 0 Å². The van der Waals surface area contributed by atoms with E-state index in [0.29, 0.717) is 11.8 Å². The maximum atomic E-state index is 10.6. The maximum absolute atomic E-state index is 10.6. The van der Waals surface area contributed by atoms with Crippen LogP contribution in [-0.2, 0) is 4.79 Å². The summed E-state index contributed by atoms with van der Waals surface area (Å²) >= 11 is 0. The largest absolute Gasteiger partial charge is 0.395 e. The molecule has 0 bridgehead atoms. The molecule has 0 aliphatic carbocycles. The number of hydrogen-bond donors (Lipinski definition) is 1. The van der Waals surface area contributed by atoms with Gasteiger partial charge in [0.25, 0.3) is 0 Å². The predicted molar refractivity (Wildman–Crippen MR) is 63.9 cm³/mol. The Balaban J connectivity index is 3.99. The van der Waals surface area contributed by atoms with E-state index < -0.39 is 0 Å². The van der Waals surface area contributed by atoms with Crippen molar-refractivity contribution in [3.8, 4) is 0 Å². The van der Waals surface area contributed by atoms with E-state index in [9.17, 15) is 4.79 Å². The van der Waals surface area contributed by atoms with E-state index in [2.05, 4.69) is 13.8 Å². The predicted octanol–water partition coefficient (Wildman–Crippen LogP) is 2.09. The van der Waals surface area contributed by atoms with Crippen LogP contribution < -0.4 is 0 Å². The van der Waals surface area contributed by atoms with Crippen LogP contribution in [0.25, 0.3) is 0 Å². The van der Waals surface area contributed by atoms with Gasteiger partial charge in [-0.2, -0.15) is 0 Å². The van der Waals surface area contributed by atoms with Crippen LogP contribution in [0, 0.1) is 0 Å². The topological polar surface area (TPSA) is 40.5 Å². The number of amides is 1. The van der Waals surface area contributed by atoms with Crippen molar-refractivity contribution < 1.29 is 9.90 Å². The fourth-order valence-electron chi connectivity index (χ4n) is 0.696. The lowest BCUT2D eigenvalue weighted by atomic mass is 10.4. The van der Waals surface area contributed by atoms with Crippen molar-refractivity contribution in [2.45, 2.75) is 26.0 Å². The number of allylic oxidation sites excluding steroid dienone is 1. The number of rotatable bonds is 7. The first-order valence-electron chi connectivity index (χ1n) is 4.43. The molecule has 0 saturated carbocycles. The van der Waals surface area contributed by atoms with E-state index in [1.807, 2.05) is 12.3 Å². The lowest BCUT2D eigenvalue weighted by Crippen LogP contribution is -2.23. The van der Waals surface area contributed by atoms with Crippen LogP contribution in [0.5, 0.6) is 0 Å². The van der Waals surface area contributed by atoms with Crippen molar-refractivity contribution in [1.29, 1.82) is 0 Å². The van der Waals surface area contributed by atoms with Crippen molar-refractivity contribution in [1.82, 2.24) is 4.90 Å². The Morgan fingerprint density at radius 2 is 2.21 bits per heavy atom. The third-order valence-electron chi connectivity index (χ3n) is 1.39. The fourth-order valence-corrected chi connectivity index (χ4v) is 2.50. The summed E-state index contributed by atoms with van der Waals surface area (Å²) in [6.07, 6.45) is 0.739. The van der Waals surface area contributed by atoms with Crippen LogP contribution >= 0.6 is 21.6 Å². The molecule has 3 nitrogen and oxygen atoms in total. The van der Waals surface area contributed by atoms with Crippen LogP contribution in [-0.4, -0.2) is 34.8 Å². The highest BCUT2D eigenvalue weighted by Crippen LogP contribution is 2.28. The van der Waals surface area contributed by atoms with E-state index in [1.54, 1.807) is 21.6 Å². The monoisotopic (exact) mass is 235 g/mol. The molecule has 0 rings (SSSR count). The average molecular weight is 235 g/mol. The summed E-state index contributed by atoms with van der Waals surface area (Å²) in [6, 6.07) is 0. The molecule has 1 N–H and O–H groups in total. The zero-order chi connectivity index (χ0) is 11.0. The number of hydrogen-bond acceptors (Lipinski definition) is 4. The van der Waals surface area contributed by atoms with Crippen molar-refractivity contribution in [2.75, 3.05) is 13.2 Å². The van der Waals surface area contributed by atoms with Gasteiger partial charge in [-0.3, -0.25) is 4.79 Å². The number of aliphatic hydroxyl groups is 1. The number of nitrogens with zero attached hydrogens (tertiary/aromatic N) is 1. The Morgan fingerprint density at radius 1 is 1.57 bits per heavy atom. The molecule has 0 spiro atoms. The third-order valence-corrected chi connectivity index (χ3v) is 4.10. The molecule has 0 saturated heterocycles. The number of carbonyl (C=O) groups excluding carboxylic acids is 1. The summed E-state index contributed by atoms with van der Waals surface area (Å²) in [5.41, 5.74) is 0.868. The van der Waals surface area contributed by atoms with Crippen molar-refractivity contribution in [2.24, 2.45) is 0 Å². The van der Waals surface area contributed by atoms with E-state index in [-0.39, 0.29) is 6.61 Å². The van der Waals surface area contributed by atoms with Gasteiger partial charge in [-0.25, -0.2) is 0 Å². The number of aliphatic hydroxyl groups excluding tert-OH is 1. The zero-order valence-corrected chi connectivity index (χ0v) is 10.4. The zero-order valence-electron chi connectivity index (χ0n) is 8.77. The van der Waals surface area contributed by atoms with Gasteiger partial charge in [-0.1, -0.05) is 35.4 Å². The quantitative estimate of drug-likeness (QED) is 0.542. The molecule has 0 atom stereocenters. The molecular weight excluding hydrogens is 218 g/mol. The highest BCUT2D eigenvalue weighted by molar-refractivity contribution is 8.78. The Bertz CT molecular complexity index is 195. The summed E-state index contributed by atoms with van der Waals surface area (Å²) in [7, 11) is 3.35. The van der Waals surface area contributed by atoms with Crippen LogP contribution in [0.4, 0.5) is 0 Å². The second-order valence-corrected chi connectivity index (χ2v) is 5.74. The summed E-state index contributed by atoms with van der Waals surface area (Å²) in [4.78, 5) is 12.1. The van der Waals surface area contributed by atoms with Crippen LogP contribution in [0.1, 0.15) is 20.8 Å². The normalized spacial score (nSPS) is 11.9. The molecule has 0 aromatic carbocycles. The minimum absolute atomic E-state index is 0.00803. The first-order valence-corrected chi connectivity index (χ1v) is 6.71. The molecule has 14 heavy (non-hydrogen) atoms. The van der Waals surface area contributed by atoms with Crippen molar-refractivity contribution >= 4 is 28.0 Å². The van der Waals surface area contributed by atoms with Gasteiger partial charge in [0.1, 0.15) is 0 Å². The minimum Gasteiger partial charge on any atom is -0.395 e. The van der Waals surface area contributed by atoms with E-state index in [1.165, 1.54) is 4.90 Å². The molecule has 0 aliphatic rings. The van der Waals surface area contributed by atoms with Gasteiger partial charge in [0.15, 0.2) is 0 Å². The molecule has 0 aromatic heterocycles. The first-order chi connectivity index (χ1) is 6.61. The van der Waals surface area contributed by atoms with Gasteiger partial charge in [0, 0.05) is 22.9 Å².